The summed E-state index contributed by atoms with van der Waals surface area (Å²) in [4.78, 5) is 15.4. The lowest BCUT2D eigenvalue weighted by atomic mass is 10.3. The van der Waals surface area contributed by atoms with E-state index in [0.717, 1.165) is 6.42 Å². The van der Waals surface area contributed by atoms with Crippen molar-refractivity contribution < 1.29 is 9.53 Å². The van der Waals surface area contributed by atoms with Gasteiger partial charge in [0.1, 0.15) is 0 Å². The molecule has 0 aromatic carbocycles. The number of aromatic nitrogens is 3. The number of fused-ring (bicyclic) bond motifs is 1. The second-order valence-electron chi connectivity index (χ2n) is 3.11. The average Bonchev–Trinajstić information content (AvgIpc) is 2.67. The molecule has 0 amide bonds. The summed E-state index contributed by atoms with van der Waals surface area (Å²) in [6, 6.07) is 1.63. The van der Waals surface area contributed by atoms with E-state index in [1.165, 1.54) is 0 Å². The fourth-order valence-electron chi connectivity index (χ4n) is 1.27. The molecule has 0 saturated heterocycles. The van der Waals surface area contributed by atoms with Gasteiger partial charge in [-0.05, 0) is 6.42 Å². The van der Waals surface area contributed by atoms with Gasteiger partial charge in [-0.15, -0.1) is 0 Å². The van der Waals surface area contributed by atoms with Crippen molar-refractivity contribution in [2.75, 3.05) is 0 Å². The smallest absolute Gasteiger partial charge is 0.311 e. The van der Waals surface area contributed by atoms with E-state index in [1.54, 1.807) is 29.2 Å². The molecule has 0 aliphatic heterocycles. The van der Waals surface area contributed by atoms with Crippen LogP contribution in [0.4, 0.5) is 0 Å². The van der Waals surface area contributed by atoms with Gasteiger partial charge < -0.3 is 4.74 Å². The summed E-state index contributed by atoms with van der Waals surface area (Å²) in [5, 5.41) is 4.02. The normalized spacial score (nSPS) is 10.5. The zero-order chi connectivity index (χ0) is 10.7. The van der Waals surface area contributed by atoms with Crippen LogP contribution in [0.3, 0.4) is 0 Å². The third-order valence-electron chi connectivity index (χ3n) is 1.94. The number of rotatable bonds is 3. The van der Waals surface area contributed by atoms with Gasteiger partial charge in [0.05, 0.1) is 6.20 Å². The largest absolute Gasteiger partial charge is 0.422 e. The maximum atomic E-state index is 11.3. The summed E-state index contributed by atoms with van der Waals surface area (Å²) in [5.74, 6) is 0.210. The fraction of sp³-hybridized carbons (Fsp3) is 0.300. The Balaban J connectivity index is 2.27. The van der Waals surface area contributed by atoms with Crippen LogP contribution >= 0.6 is 0 Å². The minimum Gasteiger partial charge on any atom is -0.422 e. The molecule has 0 atom stereocenters. The van der Waals surface area contributed by atoms with Crippen LogP contribution in [0.25, 0.3) is 5.65 Å². The molecule has 0 spiro atoms. The van der Waals surface area contributed by atoms with Gasteiger partial charge in [0.2, 0.25) is 0 Å². The number of hydrogen-bond donors (Lipinski definition) is 0. The predicted molar refractivity (Wildman–Crippen MR) is 53.5 cm³/mol. The molecule has 2 rings (SSSR count). The molecule has 0 saturated carbocycles. The number of ether oxygens (including phenoxy) is 1. The Kier molecular flexibility index (Phi) is 2.62. The monoisotopic (exact) mass is 205 g/mol. The number of carbonyl (C=O) groups excluding carboxylic acids is 1. The van der Waals surface area contributed by atoms with Crippen LogP contribution < -0.4 is 4.74 Å². The Hall–Kier alpha value is -1.91. The molecule has 2 aromatic rings. The Bertz CT molecular complexity index is 478. The summed E-state index contributed by atoms with van der Waals surface area (Å²) in [6.07, 6.45) is 6.07. The van der Waals surface area contributed by atoms with Gasteiger partial charge >= 0.3 is 5.97 Å². The van der Waals surface area contributed by atoms with Gasteiger partial charge in [-0.1, -0.05) is 6.92 Å². The van der Waals surface area contributed by atoms with E-state index in [2.05, 4.69) is 10.1 Å². The molecule has 0 N–H and O–H groups in total. The lowest BCUT2D eigenvalue weighted by Gasteiger charge is -2.03. The van der Waals surface area contributed by atoms with Crippen molar-refractivity contribution in [2.45, 2.75) is 19.8 Å². The van der Waals surface area contributed by atoms with Crippen molar-refractivity contribution in [3.05, 3.63) is 24.7 Å². The predicted octanol–water partition coefficient (Wildman–Crippen LogP) is 1.43. The van der Waals surface area contributed by atoms with E-state index in [-0.39, 0.29) is 5.97 Å². The van der Waals surface area contributed by atoms with E-state index in [1.807, 2.05) is 6.92 Å². The fourth-order valence-corrected chi connectivity index (χ4v) is 1.27. The lowest BCUT2D eigenvalue weighted by molar-refractivity contribution is -0.134. The first-order chi connectivity index (χ1) is 7.31. The van der Waals surface area contributed by atoms with E-state index in [9.17, 15) is 4.79 Å². The first-order valence-electron chi connectivity index (χ1n) is 4.80. The number of hydrogen-bond acceptors (Lipinski definition) is 4. The quantitative estimate of drug-likeness (QED) is 0.711. The van der Waals surface area contributed by atoms with E-state index in [0.29, 0.717) is 17.8 Å². The molecular weight excluding hydrogens is 194 g/mol. The second kappa shape index (κ2) is 4.08. The third-order valence-corrected chi connectivity index (χ3v) is 1.94. The van der Waals surface area contributed by atoms with Crippen LogP contribution in [-0.4, -0.2) is 20.6 Å². The maximum Gasteiger partial charge on any atom is 0.311 e. The number of nitrogens with zero attached hydrogens (tertiary/aromatic N) is 3. The molecular formula is C10H11N3O2. The summed E-state index contributed by atoms with van der Waals surface area (Å²) in [7, 11) is 0. The molecule has 0 bridgehead atoms. The van der Waals surface area contributed by atoms with Crippen LogP contribution in [0, 0.1) is 0 Å². The van der Waals surface area contributed by atoms with E-state index in [4.69, 9.17) is 4.74 Å². The third kappa shape index (κ3) is 1.96. The number of esters is 1. The van der Waals surface area contributed by atoms with Crippen LogP contribution in [0.1, 0.15) is 19.8 Å². The SMILES string of the molecule is CCCC(=O)Oc1ccnn2ccnc12. The molecule has 2 aromatic heterocycles. The lowest BCUT2D eigenvalue weighted by Crippen LogP contribution is -2.08. The highest BCUT2D eigenvalue weighted by atomic mass is 16.5. The van der Waals surface area contributed by atoms with Crippen LogP contribution in [0.5, 0.6) is 5.75 Å². The molecule has 0 unspecified atom stereocenters. The molecule has 0 aliphatic carbocycles. The molecule has 0 fully saturated rings. The standard InChI is InChI=1S/C10H11N3O2/c1-2-3-9(14)15-8-4-5-12-13-7-6-11-10(8)13/h4-7H,2-3H2,1H3. The van der Waals surface area contributed by atoms with Crippen LogP contribution in [-0.2, 0) is 4.79 Å². The summed E-state index contributed by atoms with van der Waals surface area (Å²) in [5.41, 5.74) is 0.557. The summed E-state index contributed by atoms with van der Waals surface area (Å²) in [6.45, 7) is 1.93. The molecule has 5 heteroatoms. The van der Waals surface area contributed by atoms with Crippen molar-refractivity contribution in [1.82, 2.24) is 14.6 Å². The minimum absolute atomic E-state index is 0.242. The topological polar surface area (TPSA) is 56.5 Å². The zero-order valence-corrected chi connectivity index (χ0v) is 8.38. The Labute approximate surface area is 86.7 Å². The molecule has 0 aliphatic rings. The van der Waals surface area contributed by atoms with Gasteiger partial charge in [0, 0.05) is 24.9 Å². The van der Waals surface area contributed by atoms with Crippen molar-refractivity contribution >= 4 is 11.6 Å². The van der Waals surface area contributed by atoms with Gasteiger partial charge in [0.25, 0.3) is 0 Å². The summed E-state index contributed by atoms with van der Waals surface area (Å²) >= 11 is 0. The van der Waals surface area contributed by atoms with Crippen molar-refractivity contribution in [1.29, 1.82) is 0 Å². The average molecular weight is 205 g/mol. The molecule has 78 valence electrons. The van der Waals surface area contributed by atoms with Gasteiger partial charge in [-0.2, -0.15) is 5.10 Å². The molecule has 15 heavy (non-hydrogen) atoms. The number of carbonyl (C=O) groups is 1. The molecule has 2 heterocycles. The van der Waals surface area contributed by atoms with Crippen LogP contribution in [0.2, 0.25) is 0 Å². The number of imidazole rings is 1. The molecule has 5 nitrogen and oxygen atoms in total. The van der Waals surface area contributed by atoms with Crippen molar-refractivity contribution in [2.24, 2.45) is 0 Å². The Morgan fingerprint density at radius 3 is 3.20 bits per heavy atom. The van der Waals surface area contributed by atoms with Crippen molar-refractivity contribution in [3.63, 3.8) is 0 Å². The minimum atomic E-state index is -0.242. The van der Waals surface area contributed by atoms with Gasteiger partial charge in [-0.3, -0.25) is 4.79 Å². The first-order valence-corrected chi connectivity index (χ1v) is 4.80. The highest BCUT2D eigenvalue weighted by molar-refractivity contribution is 5.74. The maximum absolute atomic E-state index is 11.3. The van der Waals surface area contributed by atoms with Crippen molar-refractivity contribution in [3.8, 4) is 5.75 Å². The van der Waals surface area contributed by atoms with Crippen LogP contribution in [0.15, 0.2) is 24.7 Å². The zero-order valence-electron chi connectivity index (χ0n) is 8.38. The first kappa shape index (κ1) is 9.64. The van der Waals surface area contributed by atoms with E-state index < -0.39 is 0 Å². The van der Waals surface area contributed by atoms with E-state index >= 15 is 0 Å². The highest BCUT2D eigenvalue weighted by Crippen LogP contribution is 2.16. The highest BCUT2D eigenvalue weighted by Gasteiger charge is 2.08. The Morgan fingerprint density at radius 2 is 2.40 bits per heavy atom. The van der Waals surface area contributed by atoms with Gasteiger partial charge in [0.15, 0.2) is 11.4 Å². The summed E-state index contributed by atoms with van der Waals surface area (Å²) < 4.78 is 6.73. The Morgan fingerprint density at radius 1 is 1.53 bits per heavy atom. The van der Waals surface area contributed by atoms with Gasteiger partial charge in [-0.25, -0.2) is 9.50 Å². The second-order valence-corrected chi connectivity index (χ2v) is 3.11. The molecule has 0 radical (unpaired) electrons.